The summed E-state index contributed by atoms with van der Waals surface area (Å²) in [6.07, 6.45) is 3.01. The van der Waals surface area contributed by atoms with Crippen LogP contribution in [0.3, 0.4) is 0 Å². The molecule has 0 aliphatic rings. The molecule has 0 amide bonds. The lowest BCUT2D eigenvalue weighted by Gasteiger charge is -2.03. The minimum atomic E-state index is 0.793. The molecule has 0 atom stereocenters. The largest absolute Gasteiger partial charge is 0.399 e. The van der Waals surface area contributed by atoms with Gasteiger partial charge in [0.15, 0.2) is 0 Å². The maximum atomic E-state index is 5.72. The van der Waals surface area contributed by atoms with E-state index in [0.717, 1.165) is 23.4 Å². The lowest BCUT2D eigenvalue weighted by atomic mass is 10.0. The summed E-state index contributed by atoms with van der Waals surface area (Å²) in [5.41, 5.74) is 15.4. The number of nitrogens with two attached hydrogens (primary N) is 2. The van der Waals surface area contributed by atoms with Gasteiger partial charge in [-0.15, -0.1) is 0 Å². The van der Waals surface area contributed by atoms with Gasteiger partial charge in [0.2, 0.25) is 0 Å². The Labute approximate surface area is 95.9 Å². The van der Waals surface area contributed by atoms with E-state index in [4.69, 9.17) is 11.5 Å². The fourth-order valence-corrected chi connectivity index (χ4v) is 1.64. The highest BCUT2D eigenvalue weighted by Gasteiger charge is 1.97. The molecule has 2 nitrogen and oxygen atoms in total. The van der Waals surface area contributed by atoms with E-state index in [1.165, 1.54) is 5.56 Å². The summed E-state index contributed by atoms with van der Waals surface area (Å²) in [6, 6.07) is 15.8. The Morgan fingerprint density at radius 1 is 0.875 bits per heavy atom. The number of anilines is 2. The van der Waals surface area contributed by atoms with Crippen LogP contribution in [0.2, 0.25) is 0 Å². The SMILES string of the molecule is Nc1cccc([CH]Cc2cccc(N)c2)c1. The third-order valence-electron chi connectivity index (χ3n) is 2.44. The highest BCUT2D eigenvalue weighted by atomic mass is 14.5. The molecule has 0 aliphatic heterocycles. The molecular weight excluding hydrogens is 196 g/mol. The predicted molar refractivity (Wildman–Crippen MR) is 68.8 cm³/mol. The molecule has 4 N–H and O–H groups in total. The summed E-state index contributed by atoms with van der Waals surface area (Å²) >= 11 is 0. The van der Waals surface area contributed by atoms with E-state index in [1.54, 1.807) is 0 Å². The summed E-state index contributed by atoms with van der Waals surface area (Å²) in [5.74, 6) is 0. The summed E-state index contributed by atoms with van der Waals surface area (Å²) in [5, 5.41) is 0. The molecule has 0 saturated heterocycles. The van der Waals surface area contributed by atoms with Crippen LogP contribution in [0, 0.1) is 6.42 Å². The molecule has 2 rings (SSSR count). The van der Waals surface area contributed by atoms with Gasteiger partial charge in [0.1, 0.15) is 0 Å². The zero-order valence-electron chi connectivity index (χ0n) is 9.06. The van der Waals surface area contributed by atoms with Crippen molar-refractivity contribution in [2.75, 3.05) is 11.5 Å². The van der Waals surface area contributed by atoms with Crippen molar-refractivity contribution in [3.63, 3.8) is 0 Å². The molecule has 0 aromatic heterocycles. The van der Waals surface area contributed by atoms with Crippen molar-refractivity contribution in [2.45, 2.75) is 6.42 Å². The Hall–Kier alpha value is -1.96. The van der Waals surface area contributed by atoms with Crippen LogP contribution in [0.15, 0.2) is 48.5 Å². The van der Waals surface area contributed by atoms with E-state index in [0.29, 0.717) is 0 Å². The Kier molecular flexibility index (Phi) is 3.10. The lowest BCUT2D eigenvalue weighted by Crippen LogP contribution is -1.92. The van der Waals surface area contributed by atoms with Gasteiger partial charge in [-0.25, -0.2) is 0 Å². The van der Waals surface area contributed by atoms with Gasteiger partial charge >= 0.3 is 0 Å². The monoisotopic (exact) mass is 211 g/mol. The van der Waals surface area contributed by atoms with E-state index >= 15 is 0 Å². The third kappa shape index (κ3) is 2.76. The van der Waals surface area contributed by atoms with Crippen molar-refractivity contribution in [1.82, 2.24) is 0 Å². The second-order valence-electron chi connectivity index (χ2n) is 3.82. The van der Waals surface area contributed by atoms with E-state index in [1.807, 2.05) is 42.5 Å². The molecule has 0 bridgehead atoms. The molecule has 0 heterocycles. The normalized spacial score (nSPS) is 10.2. The molecule has 0 fully saturated rings. The average molecular weight is 211 g/mol. The Balaban J connectivity index is 2.02. The maximum absolute atomic E-state index is 5.72. The van der Waals surface area contributed by atoms with Crippen LogP contribution in [0.25, 0.3) is 0 Å². The Bertz CT molecular complexity index is 432. The molecule has 1 radical (unpaired) electrons. The second kappa shape index (κ2) is 4.71. The van der Waals surface area contributed by atoms with Crippen LogP contribution in [0.4, 0.5) is 11.4 Å². The van der Waals surface area contributed by atoms with Crippen molar-refractivity contribution < 1.29 is 0 Å². The van der Waals surface area contributed by atoms with Crippen molar-refractivity contribution >= 4 is 11.4 Å². The Morgan fingerprint density at radius 2 is 1.56 bits per heavy atom. The first-order valence-corrected chi connectivity index (χ1v) is 5.27. The summed E-state index contributed by atoms with van der Waals surface area (Å²) in [7, 11) is 0. The van der Waals surface area contributed by atoms with Gasteiger partial charge in [0.05, 0.1) is 0 Å². The molecule has 16 heavy (non-hydrogen) atoms. The molecule has 2 aromatic carbocycles. The van der Waals surface area contributed by atoms with Gasteiger partial charge in [-0.05, 0) is 48.2 Å². The minimum Gasteiger partial charge on any atom is -0.399 e. The molecule has 2 heteroatoms. The minimum absolute atomic E-state index is 0.793. The van der Waals surface area contributed by atoms with Gasteiger partial charge in [0.25, 0.3) is 0 Å². The van der Waals surface area contributed by atoms with Crippen LogP contribution < -0.4 is 11.5 Å². The van der Waals surface area contributed by atoms with Crippen molar-refractivity contribution in [1.29, 1.82) is 0 Å². The van der Waals surface area contributed by atoms with E-state index in [-0.39, 0.29) is 0 Å². The third-order valence-corrected chi connectivity index (χ3v) is 2.44. The highest BCUT2D eigenvalue weighted by Crippen LogP contribution is 2.14. The number of benzene rings is 2. The smallest absolute Gasteiger partial charge is 0.0316 e. The quantitative estimate of drug-likeness (QED) is 0.767. The van der Waals surface area contributed by atoms with Gasteiger partial charge in [-0.2, -0.15) is 0 Å². The van der Waals surface area contributed by atoms with Gasteiger partial charge in [0, 0.05) is 11.4 Å². The highest BCUT2D eigenvalue weighted by molar-refractivity contribution is 5.45. The standard InChI is InChI=1S/C14H15N2/c15-13-5-1-3-11(9-13)7-8-12-4-2-6-14(16)10-12/h1-7,9-10H,8,15-16H2. The fourth-order valence-electron chi connectivity index (χ4n) is 1.64. The van der Waals surface area contributed by atoms with Gasteiger partial charge < -0.3 is 11.5 Å². The van der Waals surface area contributed by atoms with Crippen LogP contribution in [-0.4, -0.2) is 0 Å². The fraction of sp³-hybridized carbons (Fsp3) is 0.0714. The summed E-state index contributed by atoms with van der Waals surface area (Å²) in [4.78, 5) is 0. The molecule has 0 spiro atoms. The number of nitrogen functional groups attached to an aromatic ring is 2. The number of hydrogen-bond donors (Lipinski definition) is 2. The first-order chi connectivity index (χ1) is 7.74. The van der Waals surface area contributed by atoms with Gasteiger partial charge in [-0.3, -0.25) is 0 Å². The Morgan fingerprint density at radius 3 is 2.25 bits per heavy atom. The average Bonchev–Trinajstić information content (AvgIpc) is 2.27. The molecule has 0 saturated carbocycles. The van der Waals surface area contributed by atoms with E-state index in [2.05, 4.69) is 12.5 Å². The van der Waals surface area contributed by atoms with Crippen LogP contribution in [0.1, 0.15) is 11.1 Å². The predicted octanol–water partition coefficient (Wildman–Crippen LogP) is 2.65. The van der Waals surface area contributed by atoms with E-state index in [9.17, 15) is 0 Å². The topological polar surface area (TPSA) is 52.0 Å². The zero-order chi connectivity index (χ0) is 11.4. The van der Waals surface area contributed by atoms with Crippen LogP contribution >= 0.6 is 0 Å². The van der Waals surface area contributed by atoms with Crippen molar-refractivity contribution in [3.8, 4) is 0 Å². The van der Waals surface area contributed by atoms with Crippen molar-refractivity contribution in [3.05, 3.63) is 66.1 Å². The molecule has 0 unspecified atom stereocenters. The first-order valence-electron chi connectivity index (χ1n) is 5.27. The van der Waals surface area contributed by atoms with E-state index < -0.39 is 0 Å². The maximum Gasteiger partial charge on any atom is 0.0316 e. The lowest BCUT2D eigenvalue weighted by molar-refractivity contribution is 1.17. The molecule has 81 valence electrons. The summed E-state index contributed by atoms with van der Waals surface area (Å²) < 4.78 is 0. The molecule has 2 aromatic rings. The van der Waals surface area contributed by atoms with Crippen molar-refractivity contribution in [2.24, 2.45) is 0 Å². The number of hydrogen-bond acceptors (Lipinski definition) is 2. The van der Waals surface area contributed by atoms with Crippen LogP contribution in [0.5, 0.6) is 0 Å². The second-order valence-corrected chi connectivity index (χ2v) is 3.82. The van der Waals surface area contributed by atoms with Crippen LogP contribution in [-0.2, 0) is 6.42 Å². The van der Waals surface area contributed by atoms with Gasteiger partial charge in [-0.1, -0.05) is 24.3 Å². The zero-order valence-corrected chi connectivity index (χ0v) is 9.06. The number of rotatable bonds is 3. The summed E-state index contributed by atoms with van der Waals surface area (Å²) in [6.45, 7) is 0. The molecule has 0 aliphatic carbocycles. The molecular formula is C14H15N2. The first kappa shape index (κ1) is 10.6.